The van der Waals surface area contributed by atoms with E-state index >= 15 is 0 Å². The number of hydrogen-bond donors (Lipinski definition) is 1. The SMILES string of the molecule is COC(=O)c1ccc(-c2ccc(/C=C(/C#N)C(=O)N[C@H](C)c3ccccc3)o2)cc1. The molecule has 0 spiro atoms. The van der Waals surface area contributed by atoms with E-state index < -0.39 is 11.9 Å². The van der Waals surface area contributed by atoms with Crippen molar-refractivity contribution >= 4 is 18.0 Å². The van der Waals surface area contributed by atoms with Gasteiger partial charge in [-0.3, -0.25) is 4.79 Å². The minimum Gasteiger partial charge on any atom is -0.465 e. The molecule has 30 heavy (non-hydrogen) atoms. The van der Waals surface area contributed by atoms with Gasteiger partial charge < -0.3 is 14.5 Å². The summed E-state index contributed by atoms with van der Waals surface area (Å²) < 4.78 is 10.4. The molecule has 1 heterocycles. The molecule has 3 aromatic rings. The summed E-state index contributed by atoms with van der Waals surface area (Å²) in [6, 6.07) is 21.3. The molecule has 1 aromatic heterocycles. The molecule has 6 nitrogen and oxygen atoms in total. The number of esters is 1. The van der Waals surface area contributed by atoms with Crippen LogP contribution < -0.4 is 5.32 Å². The second kappa shape index (κ2) is 9.39. The van der Waals surface area contributed by atoms with Crippen molar-refractivity contribution in [1.82, 2.24) is 5.32 Å². The van der Waals surface area contributed by atoms with Crippen LogP contribution in [0.4, 0.5) is 0 Å². The Labute approximate surface area is 174 Å². The number of methoxy groups -OCH3 is 1. The largest absolute Gasteiger partial charge is 0.465 e. The van der Waals surface area contributed by atoms with E-state index in [1.54, 1.807) is 36.4 Å². The number of amides is 1. The lowest BCUT2D eigenvalue weighted by atomic mass is 10.1. The number of carbonyl (C=O) groups excluding carboxylic acids is 2. The highest BCUT2D eigenvalue weighted by Crippen LogP contribution is 2.24. The molecular formula is C24H20N2O4. The first-order valence-electron chi connectivity index (χ1n) is 9.28. The van der Waals surface area contributed by atoms with E-state index in [9.17, 15) is 14.9 Å². The smallest absolute Gasteiger partial charge is 0.337 e. The van der Waals surface area contributed by atoms with E-state index in [2.05, 4.69) is 10.1 Å². The van der Waals surface area contributed by atoms with Gasteiger partial charge in [0.2, 0.25) is 0 Å². The van der Waals surface area contributed by atoms with E-state index in [1.165, 1.54) is 13.2 Å². The van der Waals surface area contributed by atoms with Gasteiger partial charge in [-0.25, -0.2) is 4.79 Å². The van der Waals surface area contributed by atoms with Crippen molar-refractivity contribution in [3.05, 3.63) is 89.2 Å². The first kappa shape index (κ1) is 20.6. The molecule has 0 radical (unpaired) electrons. The highest BCUT2D eigenvalue weighted by molar-refractivity contribution is 6.01. The normalized spacial score (nSPS) is 12.0. The van der Waals surface area contributed by atoms with Gasteiger partial charge in [0, 0.05) is 11.6 Å². The van der Waals surface area contributed by atoms with Gasteiger partial charge in [-0.2, -0.15) is 5.26 Å². The van der Waals surface area contributed by atoms with Crippen molar-refractivity contribution in [2.75, 3.05) is 7.11 Å². The van der Waals surface area contributed by atoms with Crippen LogP contribution >= 0.6 is 0 Å². The molecule has 0 aliphatic heterocycles. The summed E-state index contributed by atoms with van der Waals surface area (Å²) in [5, 5.41) is 12.2. The van der Waals surface area contributed by atoms with E-state index in [1.807, 2.05) is 43.3 Å². The van der Waals surface area contributed by atoms with Crippen molar-refractivity contribution in [2.45, 2.75) is 13.0 Å². The zero-order chi connectivity index (χ0) is 21.5. The summed E-state index contributed by atoms with van der Waals surface area (Å²) in [4.78, 5) is 24.0. The van der Waals surface area contributed by atoms with Crippen LogP contribution in [0.5, 0.6) is 0 Å². The Morgan fingerprint density at radius 2 is 1.77 bits per heavy atom. The zero-order valence-electron chi connectivity index (χ0n) is 16.6. The maximum atomic E-state index is 12.5. The Hall–Kier alpha value is -4.11. The Morgan fingerprint density at radius 3 is 2.40 bits per heavy atom. The standard InChI is InChI=1S/C24H20N2O4/c1-16(17-6-4-3-5-7-17)26-23(27)20(15-25)14-21-12-13-22(30-21)18-8-10-19(11-9-18)24(28)29-2/h3-14,16H,1-2H3,(H,26,27)/b20-14-/t16-/m1/s1. The molecule has 6 heteroatoms. The van der Waals surface area contributed by atoms with Crippen LogP contribution in [0.15, 0.2) is 76.7 Å². The van der Waals surface area contributed by atoms with Crippen LogP contribution in [0, 0.1) is 11.3 Å². The molecule has 0 unspecified atom stereocenters. The van der Waals surface area contributed by atoms with Gasteiger partial charge in [-0.05, 0) is 36.8 Å². The number of benzene rings is 2. The summed E-state index contributed by atoms with van der Waals surface area (Å²) in [6.45, 7) is 1.85. The van der Waals surface area contributed by atoms with Gasteiger partial charge in [-0.15, -0.1) is 0 Å². The van der Waals surface area contributed by atoms with Gasteiger partial charge in [0.05, 0.1) is 18.7 Å². The Morgan fingerprint density at radius 1 is 1.07 bits per heavy atom. The van der Waals surface area contributed by atoms with Gasteiger partial charge in [0.1, 0.15) is 23.2 Å². The lowest BCUT2D eigenvalue weighted by molar-refractivity contribution is -0.117. The Bertz CT molecular complexity index is 1110. The summed E-state index contributed by atoms with van der Waals surface area (Å²) in [5.41, 5.74) is 2.07. The molecule has 3 rings (SSSR count). The highest BCUT2D eigenvalue weighted by Gasteiger charge is 2.15. The molecule has 0 aliphatic rings. The molecule has 1 atom stereocenters. The van der Waals surface area contributed by atoms with Gasteiger partial charge in [-0.1, -0.05) is 42.5 Å². The quantitative estimate of drug-likeness (QED) is 0.373. The topological polar surface area (TPSA) is 92.3 Å². The number of ether oxygens (including phenoxy) is 1. The Kier molecular flexibility index (Phi) is 6.46. The number of rotatable bonds is 6. The van der Waals surface area contributed by atoms with Crippen LogP contribution in [0.1, 0.15) is 34.6 Å². The van der Waals surface area contributed by atoms with E-state index in [4.69, 9.17) is 4.42 Å². The van der Waals surface area contributed by atoms with Crippen LogP contribution in [0.2, 0.25) is 0 Å². The second-order valence-electron chi connectivity index (χ2n) is 6.55. The lowest BCUT2D eigenvalue weighted by Crippen LogP contribution is -2.27. The van der Waals surface area contributed by atoms with Gasteiger partial charge in [0.15, 0.2) is 0 Å². The highest BCUT2D eigenvalue weighted by atomic mass is 16.5. The van der Waals surface area contributed by atoms with E-state index in [0.717, 1.165) is 11.1 Å². The fraction of sp³-hybridized carbons (Fsp3) is 0.125. The van der Waals surface area contributed by atoms with E-state index in [-0.39, 0.29) is 11.6 Å². The third-order valence-corrected chi connectivity index (χ3v) is 4.52. The first-order chi connectivity index (χ1) is 14.5. The minimum atomic E-state index is -0.478. The van der Waals surface area contributed by atoms with Crippen LogP contribution in [0.3, 0.4) is 0 Å². The summed E-state index contributed by atoms with van der Waals surface area (Å²) in [7, 11) is 1.32. The molecule has 1 amide bonds. The van der Waals surface area contributed by atoms with Crippen molar-refractivity contribution in [3.63, 3.8) is 0 Å². The fourth-order valence-electron chi connectivity index (χ4n) is 2.86. The zero-order valence-corrected chi connectivity index (χ0v) is 16.6. The number of nitriles is 1. The minimum absolute atomic E-state index is 0.0558. The predicted molar refractivity (Wildman–Crippen MR) is 112 cm³/mol. The first-order valence-corrected chi connectivity index (χ1v) is 9.28. The number of nitrogens with one attached hydrogen (secondary N) is 1. The molecule has 0 bridgehead atoms. The number of furan rings is 1. The monoisotopic (exact) mass is 400 g/mol. The number of nitrogens with zero attached hydrogens (tertiary/aromatic N) is 1. The maximum Gasteiger partial charge on any atom is 0.337 e. The number of hydrogen-bond acceptors (Lipinski definition) is 5. The van der Waals surface area contributed by atoms with Crippen molar-refractivity contribution in [1.29, 1.82) is 5.26 Å². The molecule has 0 fully saturated rings. The van der Waals surface area contributed by atoms with Gasteiger partial charge >= 0.3 is 5.97 Å². The van der Waals surface area contributed by atoms with Gasteiger partial charge in [0.25, 0.3) is 5.91 Å². The van der Waals surface area contributed by atoms with Crippen LogP contribution in [0.25, 0.3) is 17.4 Å². The van der Waals surface area contributed by atoms with Crippen LogP contribution in [-0.4, -0.2) is 19.0 Å². The summed E-state index contributed by atoms with van der Waals surface area (Å²) >= 11 is 0. The average molecular weight is 400 g/mol. The van der Waals surface area contributed by atoms with Crippen molar-refractivity contribution in [3.8, 4) is 17.4 Å². The number of carbonyl (C=O) groups is 2. The second-order valence-corrected chi connectivity index (χ2v) is 6.55. The molecule has 0 aliphatic carbocycles. The predicted octanol–water partition coefficient (Wildman–Crippen LogP) is 4.52. The molecule has 1 N–H and O–H groups in total. The third-order valence-electron chi connectivity index (χ3n) is 4.52. The molecule has 2 aromatic carbocycles. The lowest BCUT2D eigenvalue weighted by Gasteiger charge is -2.13. The molecule has 150 valence electrons. The average Bonchev–Trinajstić information content (AvgIpc) is 3.26. The van der Waals surface area contributed by atoms with Crippen molar-refractivity contribution in [2.24, 2.45) is 0 Å². The summed E-state index contributed by atoms with van der Waals surface area (Å²) in [5.74, 6) is 0.0300. The Balaban J connectivity index is 1.74. The molecular weight excluding hydrogens is 380 g/mol. The third kappa shape index (κ3) is 4.83. The summed E-state index contributed by atoms with van der Waals surface area (Å²) in [6.07, 6.45) is 1.40. The maximum absolute atomic E-state index is 12.5. The van der Waals surface area contributed by atoms with Crippen molar-refractivity contribution < 1.29 is 18.7 Å². The van der Waals surface area contributed by atoms with E-state index in [0.29, 0.717) is 17.1 Å². The fourth-order valence-corrected chi connectivity index (χ4v) is 2.86. The molecule has 0 saturated heterocycles. The van der Waals surface area contributed by atoms with Crippen LogP contribution in [-0.2, 0) is 9.53 Å². The molecule has 0 saturated carbocycles.